The number of aromatic nitrogens is 3. The Labute approximate surface area is 253 Å². The van der Waals surface area contributed by atoms with Gasteiger partial charge in [0.05, 0.1) is 5.69 Å². The van der Waals surface area contributed by atoms with Crippen molar-refractivity contribution >= 4 is 40.3 Å². The largest absolute Gasteiger partial charge is 0.364 e. The van der Waals surface area contributed by atoms with Crippen LogP contribution >= 0.6 is 11.3 Å². The molecule has 43 heavy (non-hydrogen) atoms. The molecule has 218 valence electrons. The van der Waals surface area contributed by atoms with Gasteiger partial charge in [-0.1, -0.05) is 57.2 Å². The number of nitrogens with zero attached hydrogens (tertiary/aromatic N) is 3. The summed E-state index contributed by atoms with van der Waals surface area (Å²) in [4.78, 5) is 46.6. The highest BCUT2D eigenvalue weighted by Gasteiger charge is 2.17. The van der Waals surface area contributed by atoms with Crippen molar-refractivity contribution in [1.82, 2.24) is 14.5 Å². The first kappa shape index (κ1) is 29.4. The van der Waals surface area contributed by atoms with Gasteiger partial charge in [-0.2, -0.15) is 0 Å². The van der Waals surface area contributed by atoms with Crippen molar-refractivity contribution in [1.29, 1.82) is 0 Å². The molecule has 5 aromatic rings. The number of amides is 2. The summed E-state index contributed by atoms with van der Waals surface area (Å²) in [6.07, 6.45) is 1.67. The van der Waals surface area contributed by atoms with Crippen LogP contribution < -0.4 is 21.9 Å². The van der Waals surface area contributed by atoms with Gasteiger partial charge in [0.15, 0.2) is 5.82 Å². The molecule has 5 rings (SSSR count). The lowest BCUT2D eigenvalue weighted by molar-refractivity contribution is 0.0994. The van der Waals surface area contributed by atoms with E-state index in [4.69, 9.17) is 5.73 Å². The minimum absolute atomic E-state index is 0.00329. The Hall–Kier alpha value is -5.09. The molecule has 0 radical (unpaired) electrons. The fourth-order valence-electron chi connectivity index (χ4n) is 4.57. The molecule has 0 aliphatic heterocycles. The fraction of sp³-hybridized carbons (Fsp3) is 0.182. The smallest absolute Gasteiger partial charge is 0.293 e. The van der Waals surface area contributed by atoms with Crippen LogP contribution in [0.2, 0.25) is 0 Å². The van der Waals surface area contributed by atoms with Gasteiger partial charge >= 0.3 is 0 Å². The molecule has 0 aliphatic rings. The lowest BCUT2D eigenvalue weighted by atomic mass is 9.86. The summed E-state index contributed by atoms with van der Waals surface area (Å²) in [7, 11) is 1.66. The van der Waals surface area contributed by atoms with E-state index >= 15 is 0 Å². The third-order valence-electron chi connectivity index (χ3n) is 7.07. The quantitative estimate of drug-likeness (QED) is 0.204. The number of carbonyl (C=O) groups excluding carboxylic acids is 2. The van der Waals surface area contributed by atoms with Gasteiger partial charge in [0, 0.05) is 46.7 Å². The average molecular weight is 593 g/mol. The lowest BCUT2D eigenvalue weighted by Gasteiger charge is -2.19. The molecule has 0 saturated heterocycles. The van der Waals surface area contributed by atoms with E-state index in [1.54, 1.807) is 18.6 Å². The van der Waals surface area contributed by atoms with E-state index in [1.165, 1.54) is 15.9 Å². The standard InChI is InChI=1S/C33H32N6O3S/c1-19-24(10-7-11-25(19)37-30(41)20-12-14-22(15-13-20)33(2,3)4)26-17-39(5)32(42)29(36-26)35-23-9-6-8-21(16-23)31-38-27(18-43-31)28(34)40/h6-18H,1-5H3,(H2,34,40)(H,35,36)(H,37,41). The summed E-state index contributed by atoms with van der Waals surface area (Å²) in [5.41, 5.74) is 11.2. The topological polar surface area (TPSA) is 132 Å². The van der Waals surface area contributed by atoms with Crippen LogP contribution in [0.3, 0.4) is 0 Å². The van der Waals surface area contributed by atoms with E-state index in [9.17, 15) is 14.4 Å². The average Bonchev–Trinajstić information content (AvgIpc) is 3.47. The van der Waals surface area contributed by atoms with Crippen LogP contribution in [0.5, 0.6) is 0 Å². The predicted octanol–water partition coefficient (Wildman–Crippen LogP) is 6.27. The van der Waals surface area contributed by atoms with Crippen LogP contribution in [0.25, 0.3) is 21.8 Å². The number of aryl methyl sites for hydroxylation is 1. The molecule has 2 amide bonds. The molecular weight excluding hydrogens is 560 g/mol. The summed E-state index contributed by atoms with van der Waals surface area (Å²) < 4.78 is 1.47. The number of thiazole rings is 1. The van der Waals surface area contributed by atoms with E-state index in [0.717, 1.165) is 22.3 Å². The zero-order valence-corrected chi connectivity index (χ0v) is 25.4. The second-order valence-electron chi connectivity index (χ2n) is 11.3. The van der Waals surface area contributed by atoms with Gasteiger partial charge in [0.25, 0.3) is 17.4 Å². The number of hydrogen-bond acceptors (Lipinski definition) is 7. The predicted molar refractivity (Wildman–Crippen MR) is 172 cm³/mol. The Kier molecular flexibility index (Phi) is 7.97. The van der Waals surface area contributed by atoms with Crippen molar-refractivity contribution < 1.29 is 9.59 Å². The summed E-state index contributed by atoms with van der Waals surface area (Å²) in [6.45, 7) is 8.30. The number of benzene rings is 3. The number of anilines is 3. The maximum Gasteiger partial charge on any atom is 0.293 e. The van der Waals surface area contributed by atoms with Crippen LogP contribution in [-0.4, -0.2) is 26.3 Å². The van der Waals surface area contributed by atoms with Gasteiger partial charge in [-0.25, -0.2) is 9.97 Å². The first-order valence-electron chi connectivity index (χ1n) is 13.6. The van der Waals surface area contributed by atoms with Crippen LogP contribution in [0.15, 0.2) is 83.1 Å². The molecule has 0 atom stereocenters. The van der Waals surface area contributed by atoms with Gasteiger partial charge in [0.2, 0.25) is 0 Å². The minimum Gasteiger partial charge on any atom is -0.364 e. The first-order chi connectivity index (χ1) is 20.4. The van der Waals surface area contributed by atoms with E-state index in [2.05, 4.69) is 41.4 Å². The highest BCUT2D eigenvalue weighted by molar-refractivity contribution is 7.13. The Morgan fingerprint density at radius 2 is 1.70 bits per heavy atom. The number of carbonyl (C=O) groups is 2. The zero-order valence-electron chi connectivity index (χ0n) is 24.6. The number of hydrogen-bond donors (Lipinski definition) is 3. The van der Waals surface area contributed by atoms with E-state index < -0.39 is 5.91 Å². The molecule has 9 nitrogen and oxygen atoms in total. The Balaban J connectivity index is 1.41. The van der Waals surface area contributed by atoms with Crippen LogP contribution in [0.1, 0.15) is 52.7 Å². The molecule has 0 aliphatic carbocycles. The lowest BCUT2D eigenvalue weighted by Crippen LogP contribution is -2.21. The summed E-state index contributed by atoms with van der Waals surface area (Å²) in [5, 5.41) is 8.40. The highest BCUT2D eigenvalue weighted by Crippen LogP contribution is 2.30. The van der Waals surface area contributed by atoms with Crippen LogP contribution in [-0.2, 0) is 12.5 Å². The van der Waals surface area contributed by atoms with Gasteiger partial charge in [-0.05, 0) is 53.8 Å². The van der Waals surface area contributed by atoms with Gasteiger partial charge in [-0.3, -0.25) is 14.4 Å². The Morgan fingerprint density at radius 3 is 2.37 bits per heavy atom. The molecular formula is C33H32N6O3S. The number of primary amides is 1. The van der Waals surface area contributed by atoms with Crippen molar-refractivity contribution in [3.8, 4) is 21.8 Å². The third kappa shape index (κ3) is 6.39. The molecule has 2 heterocycles. The monoisotopic (exact) mass is 592 g/mol. The fourth-order valence-corrected chi connectivity index (χ4v) is 5.37. The Bertz CT molecular complexity index is 1900. The molecule has 3 aromatic carbocycles. The van der Waals surface area contributed by atoms with Gasteiger partial charge < -0.3 is 20.9 Å². The molecule has 0 unspecified atom stereocenters. The molecule has 0 bridgehead atoms. The van der Waals surface area contributed by atoms with Crippen LogP contribution in [0.4, 0.5) is 17.2 Å². The number of nitrogens with one attached hydrogen (secondary N) is 2. The van der Waals surface area contributed by atoms with Gasteiger partial charge in [-0.15, -0.1) is 11.3 Å². The SMILES string of the molecule is Cc1c(NC(=O)c2ccc(C(C)(C)C)cc2)cccc1-c1cn(C)c(=O)c(Nc2cccc(-c3nc(C(N)=O)cs3)c2)n1. The zero-order chi connectivity index (χ0) is 30.9. The van der Waals surface area contributed by atoms with Crippen molar-refractivity contribution in [2.24, 2.45) is 12.8 Å². The normalized spacial score (nSPS) is 11.3. The summed E-state index contributed by atoms with van der Waals surface area (Å²) in [5.74, 6) is -0.656. The molecule has 0 fully saturated rings. The van der Waals surface area contributed by atoms with Crippen molar-refractivity contribution in [3.63, 3.8) is 0 Å². The molecule has 2 aromatic heterocycles. The summed E-state index contributed by atoms with van der Waals surface area (Å²) >= 11 is 1.31. The van der Waals surface area contributed by atoms with E-state index in [1.807, 2.05) is 73.7 Å². The minimum atomic E-state index is -0.588. The first-order valence-corrected chi connectivity index (χ1v) is 14.5. The van der Waals surface area contributed by atoms with Crippen molar-refractivity contribution in [3.05, 3.63) is 111 Å². The second-order valence-corrected chi connectivity index (χ2v) is 12.1. The second kappa shape index (κ2) is 11.7. The molecule has 10 heteroatoms. The highest BCUT2D eigenvalue weighted by atomic mass is 32.1. The molecule has 4 N–H and O–H groups in total. The van der Waals surface area contributed by atoms with Crippen molar-refractivity contribution in [2.75, 3.05) is 10.6 Å². The maximum atomic E-state index is 13.1. The van der Waals surface area contributed by atoms with Crippen molar-refractivity contribution in [2.45, 2.75) is 33.1 Å². The molecule has 0 spiro atoms. The Morgan fingerprint density at radius 1 is 0.977 bits per heavy atom. The van der Waals surface area contributed by atoms with Gasteiger partial charge in [0.1, 0.15) is 10.7 Å². The maximum absolute atomic E-state index is 13.1. The molecule has 0 saturated carbocycles. The summed E-state index contributed by atoms with van der Waals surface area (Å²) in [6, 6.07) is 20.5. The number of rotatable bonds is 7. The van der Waals surface area contributed by atoms with E-state index in [0.29, 0.717) is 27.6 Å². The number of nitrogens with two attached hydrogens (primary N) is 1. The van der Waals surface area contributed by atoms with E-state index in [-0.39, 0.29) is 28.4 Å². The van der Waals surface area contributed by atoms with Crippen LogP contribution in [0, 0.1) is 6.92 Å². The third-order valence-corrected chi connectivity index (χ3v) is 7.96.